The third kappa shape index (κ3) is 20.8. The zero-order chi connectivity index (χ0) is 28.4. The Kier molecular flexibility index (Phi) is 25.4. The molecule has 0 saturated carbocycles. The molecule has 4 nitrogen and oxygen atoms in total. The van der Waals surface area contributed by atoms with Gasteiger partial charge in [-0.15, -0.1) is 0 Å². The smallest absolute Gasteiger partial charge is 0.309 e. The summed E-state index contributed by atoms with van der Waals surface area (Å²) in [6.07, 6.45) is 23.8. The van der Waals surface area contributed by atoms with Crippen molar-refractivity contribution < 1.29 is 19.1 Å². The van der Waals surface area contributed by atoms with Gasteiger partial charge < -0.3 is 9.47 Å². The summed E-state index contributed by atoms with van der Waals surface area (Å²) in [6, 6.07) is 0. The topological polar surface area (TPSA) is 52.6 Å². The van der Waals surface area contributed by atoms with Gasteiger partial charge in [-0.25, -0.2) is 0 Å². The summed E-state index contributed by atoms with van der Waals surface area (Å²) < 4.78 is 10.8. The van der Waals surface area contributed by atoms with Crippen molar-refractivity contribution in [3.05, 3.63) is 0 Å². The first-order valence-corrected chi connectivity index (χ1v) is 16.7. The predicted octanol–water partition coefficient (Wildman–Crippen LogP) is 10.5. The minimum Gasteiger partial charge on any atom is -0.466 e. The second-order valence-electron chi connectivity index (χ2n) is 12.3. The molecule has 0 aromatic heterocycles. The third-order valence-electron chi connectivity index (χ3n) is 7.98. The zero-order valence-corrected chi connectivity index (χ0v) is 26.5. The van der Waals surface area contributed by atoms with Crippen LogP contribution in [0.5, 0.6) is 0 Å². The molecule has 0 aliphatic rings. The Bertz CT molecular complexity index is 543. The van der Waals surface area contributed by atoms with Crippen molar-refractivity contribution in [2.75, 3.05) is 13.2 Å². The van der Waals surface area contributed by atoms with Crippen LogP contribution >= 0.6 is 0 Å². The minimum atomic E-state index is -0.0160. The summed E-state index contributed by atoms with van der Waals surface area (Å²) >= 11 is 0. The number of hydrogen-bond acceptors (Lipinski definition) is 4. The number of hydrogen-bond donors (Lipinski definition) is 0. The Morgan fingerprint density at radius 1 is 0.526 bits per heavy atom. The Morgan fingerprint density at radius 3 is 1.37 bits per heavy atom. The average molecular weight is 539 g/mol. The second kappa shape index (κ2) is 26.2. The Labute approximate surface area is 237 Å². The van der Waals surface area contributed by atoms with Gasteiger partial charge in [-0.1, -0.05) is 138 Å². The van der Waals surface area contributed by atoms with Crippen molar-refractivity contribution in [1.29, 1.82) is 0 Å². The van der Waals surface area contributed by atoms with Crippen molar-refractivity contribution in [3.8, 4) is 0 Å². The largest absolute Gasteiger partial charge is 0.466 e. The number of carbonyl (C=O) groups is 2. The van der Waals surface area contributed by atoms with Gasteiger partial charge in [0, 0.05) is 6.42 Å². The van der Waals surface area contributed by atoms with E-state index in [1.54, 1.807) is 0 Å². The fourth-order valence-corrected chi connectivity index (χ4v) is 5.46. The maximum atomic E-state index is 12.8. The molecule has 0 aliphatic carbocycles. The molecule has 0 bridgehead atoms. The molecular formula is C34H66O4. The van der Waals surface area contributed by atoms with Crippen LogP contribution in [0.1, 0.15) is 170 Å². The lowest BCUT2D eigenvalue weighted by Crippen LogP contribution is -2.33. The van der Waals surface area contributed by atoms with Crippen LogP contribution in [0.2, 0.25) is 0 Å². The molecule has 0 amide bonds. The van der Waals surface area contributed by atoms with Gasteiger partial charge in [-0.3, -0.25) is 9.59 Å². The first kappa shape index (κ1) is 36.9. The molecule has 0 heterocycles. The van der Waals surface area contributed by atoms with Crippen molar-refractivity contribution in [2.24, 2.45) is 23.7 Å². The molecule has 0 rings (SSSR count). The number of rotatable bonds is 27. The van der Waals surface area contributed by atoms with Crippen LogP contribution in [-0.4, -0.2) is 25.2 Å². The van der Waals surface area contributed by atoms with Gasteiger partial charge in [-0.2, -0.15) is 0 Å². The van der Waals surface area contributed by atoms with Crippen LogP contribution in [-0.2, 0) is 19.1 Å². The molecule has 0 radical (unpaired) electrons. The zero-order valence-electron chi connectivity index (χ0n) is 26.5. The van der Waals surface area contributed by atoms with E-state index in [0.29, 0.717) is 37.4 Å². The Morgan fingerprint density at radius 2 is 0.947 bits per heavy atom. The van der Waals surface area contributed by atoms with E-state index < -0.39 is 0 Å². The Balaban J connectivity index is 3.73. The van der Waals surface area contributed by atoms with E-state index in [4.69, 9.17) is 9.47 Å². The third-order valence-corrected chi connectivity index (χ3v) is 7.98. The molecule has 4 heteroatoms. The molecule has 0 aromatic carbocycles. The number of carbonyl (C=O) groups excluding carboxylic acids is 2. The molecule has 0 fully saturated rings. The van der Waals surface area contributed by atoms with Crippen LogP contribution in [0, 0.1) is 23.7 Å². The van der Waals surface area contributed by atoms with Crippen LogP contribution in [0.4, 0.5) is 0 Å². The summed E-state index contributed by atoms with van der Waals surface area (Å²) in [6.45, 7) is 14.3. The highest BCUT2D eigenvalue weighted by Gasteiger charge is 2.33. The van der Waals surface area contributed by atoms with Crippen LogP contribution < -0.4 is 0 Å². The van der Waals surface area contributed by atoms with E-state index in [1.165, 1.54) is 77.0 Å². The van der Waals surface area contributed by atoms with Gasteiger partial charge in [0.1, 0.15) is 0 Å². The molecule has 38 heavy (non-hydrogen) atoms. The standard InChI is InChI=1S/C34H66O4/c1-7-9-27-37-32(35)26-24-22-20-18-16-14-12-11-13-15-17-19-21-23-25-31(29(3)4)33(30(5)6)34(36)38-28-10-8-2/h29-31,33H,7-28H2,1-6H3. The van der Waals surface area contributed by atoms with E-state index in [2.05, 4.69) is 41.5 Å². The molecule has 0 aromatic rings. The lowest BCUT2D eigenvalue weighted by Gasteiger charge is -2.31. The molecular weight excluding hydrogens is 472 g/mol. The predicted molar refractivity (Wildman–Crippen MR) is 162 cm³/mol. The van der Waals surface area contributed by atoms with Gasteiger partial charge in [-0.05, 0) is 43.4 Å². The second-order valence-corrected chi connectivity index (χ2v) is 12.3. The molecule has 0 N–H and O–H groups in total. The number of ether oxygens (including phenoxy) is 2. The lowest BCUT2D eigenvalue weighted by molar-refractivity contribution is -0.153. The molecule has 0 saturated heterocycles. The summed E-state index contributed by atoms with van der Waals surface area (Å²) in [4.78, 5) is 24.4. The SMILES string of the molecule is CCCCOC(=O)CCCCCCCCCCCCCCCCC(C(C)C)C(C(=O)OCCCC)C(C)C. The monoisotopic (exact) mass is 538 g/mol. The summed E-state index contributed by atoms with van der Waals surface area (Å²) in [5.74, 6) is 1.33. The van der Waals surface area contributed by atoms with Crippen molar-refractivity contribution in [1.82, 2.24) is 0 Å². The van der Waals surface area contributed by atoms with Gasteiger partial charge in [0.15, 0.2) is 0 Å². The van der Waals surface area contributed by atoms with E-state index >= 15 is 0 Å². The molecule has 0 spiro atoms. The minimum absolute atomic E-state index is 0.0160. The Hall–Kier alpha value is -1.06. The van der Waals surface area contributed by atoms with Crippen LogP contribution in [0.3, 0.4) is 0 Å². The highest BCUT2D eigenvalue weighted by Crippen LogP contribution is 2.33. The molecule has 2 atom stereocenters. The average Bonchev–Trinajstić information content (AvgIpc) is 2.87. The van der Waals surface area contributed by atoms with E-state index in [9.17, 15) is 9.59 Å². The first-order valence-electron chi connectivity index (χ1n) is 16.7. The van der Waals surface area contributed by atoms with Gasteiger partial charge >= 0.3 is 11.9 Å². The first-order chi connectivity index (χ1) is 18.3. The van der Waals surface area contributed by atoms with Crippen LogP contribution in [0.15, 0.2) is 0 Å². The van der Waals surface area contributed by atoms with Crippen molar-refractivity contribution in [3.63, 3.8) is 0 Å². The highest BCUT2D eigenvalue weighted by molar-refractivity contribution is 5.73. The molecule has 2 unspecified atom stereocenters. The normalized spacial score (nSPS) is 13.2. The highest BCUT2D eigenvalue weighted by atomic mass is 16.5. The summed E-state index contributed by atoms with van der Waals surface area (Å²) in [7, 11) is 0. The molecule has 0 aliphatic heterocycles. The van der Waals surface area contributed by atoms with Crippen molar-refractivity contribution in [2.45, 2.75) is 170 Å². The maximum absolute atomic E-state index is 12.8. The van der Waals surface area contributed by atoms with Gasteiger partial charge in [0.25, 0.3) is 0 Å². The quantitative estimate of drug-likeness (QED) is 0.0771. The fourth-order valence-electron chi connectivity index (χ4n) is 5.46. The van der Waals surface area contributed by atoms with Crippen LogP contribution in [0.25, 0.3) is 0 Å². The summed E-state index contributed by atoms with van der Waals surface area (Å²) in [5, 5.41) is 0. The van der Waals surface area contributed by atoms with Crippen molar-refractivity contribution >= 4 is 11.9 Å². The molecule has 226 valence electrons. The number of esters is 2. The van der Waals surface area contributed by atoms with Gasteiger partial charge in [0.2, 0.25) is 0 Å². The van der Waals surface area contributed by atoms with E-state index in [1.807, 2.05) is 0 Å². The summed E-state index contributed by atoms with van der Waals surface area (Å²) in [5.41, 5.74) is 0. The maximum Gasteiger partial charge on any atom is 0.309 e. The lowest BCUT2D eigenvalue weighted by atomic mass is 9.74. The van der Waals surface area contributed by atoms with E-state index in [0.717, 1.165) is 44.9 Å². The van der Waals surface area contributed by atoms with Gasteiger partial charge in [0.05, 0.1) is 19.1 Å². The van der Waals surface area contributed by atoms with E-state index in [-0.39, 0.29) is 17.9 Å². The fraction of sp³-hybridized carbons (Fsp3) is 0.941. The number of unbranched alkanes of at least 4 members (excludes halogenated alkanes) is 15.